The summed E-state index contributed by atoms with van der Waals surface area (Å²) in [6.07, 6.45) is 8.84. The molecule has 0 amide bonds. The molecule has 0 fully saturated rings. The Morgan fingerprint density at radius 3 is 1.35 bits per heavy atom. The molecule has 0 aliphatic heterocycles. The van der Waals surface area contributed by atoms with Crippen molar-refractivity contribution in [1.82, 2.24) is 0 Å². The Morgan fingerprint density at radius 1 is 0.706 bits per heavy atom. The minimum absolute atomic E-state index is 0.346. The summed E-state index contributed by atoms with van der Waals surface area (Å²) in [6, 6.07) is 0. The zero-order chi connectivity index (χ0) is 13.3. The highest BCUT2D eigenvalue weighted by atomic mass is 31.2. The summed E-state index contributed by atoms with van der Waals surface area (Å²) >= 11 is 0. The number of rotatable bonds is 10. The Morgan fingerprint density at radius 2 is 1.06 bits per heavy atom. The maximum Gasteiger partial charge on any atom is -0.0125 e. The van der Waals surface area contributed by atoms with Gasteiger partial charge in [0.15, 0.2) is 0 Å². The van der Waals surface area contributed by atoms with Crippen LogP contribution in [0.3, 0.4) is 0 Å². The molecule has 0 bridgehead atoms. The van der Waals surface area contributed by atoms with Crippen molar-refractivity contribution >= 4 is 15.8 Å². The topological polar surface area (TPSA) is 0 Å². The van der Waals surface area contributed by atoms with Crippen LogP contribution in [0.1, 0.15) is 53.4 Å². The van der Waals surface area contributed by atoms with E-state index in [1.165, 1.54) is 38.0 Å². The second kappa shape index (κ2) is 10.8. The Kier molecular flexibility index (Phi) is 11.3. The molecule has 0 saturated carbocycles. The molecule has 0 spiro atoms. The minimum Gasteiger partial charge on any atom is -0.106 e. The standard InChI is InChI=1S/C15H34P2/c1-14(2)9-7-11-16(5)13-17(6)12-8-10-15(3)4/h14-15H,7-13H2,1-6H3. The van der Waals surface area contributed by atoms with Crippen LogP contribution in [0.15, 0.2) is 0 Å². The molecule has 0 saturated heterocycles. The Balaban J connectivity index is 3.48. The van der Waals surface area contributed by atoms with Gasteiger partial charge in [-0.05, 0) is 56.2 Å². The van der Waals surface area contributed by atoms with Gasteiger partial charge in [0.05, 0.1) is 0 Å². The maximum atomic E-state index is 2.52. The van der Waals surface area contributed by atoms with Gasteiger partial charge in [-0.1, -0.05) is 40.5 Å². The van der Waals surface area contributed by atoms with Gasteiger partial charge in [-0.25, -0.2) is 0 Å². The Labute approximate surface area is 113 Å². The van der Waals surface area contributed by atoms with E-state index in [2.05, 4.69) is 41.0 Å². The molecule has 0 nitrogen and oxygen atoms in total. The summed E-state index contributed by atoms with van der Waals surface area (Å²) in [6.45, 7) is 14.4. The molecule has 0 aliphatic rings. The van der Waals surface area contributed by atoms with Gasteiger partial charge in [0, 0.05) is 0 Å². The first-order chi connectivity index (χ1) is 7.91. The van der Waals surface area contributed by atoms with Crippen LogP contribution in [-0.4, -0.2) is 31.6 Å². The number of hydrogen-bond donors (Lipinski definition) is 0. The predicted octanol–water partition coefficient (Wildman–Crippen LogP) is 6.04. The summed E-state index contributed by atoms with van der Waals surface area (Å²) in [5, 5.41) is 0. The minimum atomic E-state index is 0.346. The van der Waals surface area contributed by atoms with Gasteiger partial charge in [0.2, 0.25) is 0 Å². The highest BCUT2D eigenvalue weighted by Crippen LogP contribution is 2.47. The molecule has 2 heteroatoms. The summed E-state index contributed by atoms with van der Waals surface area (Å²) in [5.74, 6) is 3.36. The number of hydrogen-bond acceptors (Lipinski definition) is 0. The van der Waals surface area contributed by atoms with Gasteiger partial charge in [-0.15, -0.1) is 15.8 Å². The van der Waals surface area contributed by atoms with Gasteiger partial charge in [0.25, 0.3) is 0 Å². The predicted molar refractivity (Wildman–Crippen MR) is 88.4 cm³/mol. The van der Waals surface area contributed by atoms with Crippen molar-refractivity contribution in [3.05, 3.63) is 0 Å². The monoisotopic (exact) mass is 276 g/mol. The third-order valence-corrected chi connectivity index (χ3v) is 9.15. The van der Waals surface area contributed by atoms with Crippen LogP contribution < -0.4 is 0 Å². The van der Waals surface area contributed by atoms with E-state index < -0.39 is 0 Å². The van der Waals surface area contributed by atoms with E-state index in [0.29, 0.717) is 15.8 Å². The fourth-order valence-corrected chi connectivity index (χ4v) is 7.97. The summed E-state index contributed by atoms with van der Waals surface area (Å²) in [5.41, 5.74) is 0. The SMILES string of the molecule is CC(C)CCCP(C)CP(C)CCCC(C)C. The first-order valence-electron chi connectivity index (χ1n) is 7.29. The van der Waals surface area contributed by atoms with E-state index in [9.17, 15) is 0 Å². The quantitative estimate of drug-likeness (QED) is 0.427. The van der Waals surface area contributed by atoms with Gasteiger partial charge in [-0.3, -0.25) is 0 Å². The van der Waals surface area contributed by atoms with Crippen molar-refractivity contribution in [1.29, 1.82) is 0 Å². The van der Waals surface area contributed by atoms with Crippen LogP contribution in [0.5, 0.6) is 0 Å². The van der Waals surface area contributed by atoms with Crippen LogP contribution in [0.2, 0.25) is 0 Å². The Bertz CT molecular complexity index is 148. The zero-order valence-corrected chi connectivity index (χ0v) is 14.8. The highest BCUT2D eigenvalue weighted by molar-refractivity contribution is 7.73. The van der Waals surface area contributed by atoms with Crippen LogP contribution >= 0.6 is 15.8 Å². The van der Waals surface area contributed by atoms with E-state index in [1.54, 1.807) is 5.90 Å². The van der Waals surface area contributed by atoms with Crippen LogP contribution in [0, 0.1) is 11.8 Å². The molecule has 104 valence electrons. The van der Waals surface area contributed by atoms with E-state index in [-0.39, 0.29) is 0 Å². The third-order valence-electron chi connectivity index (χ3n) is 3.13. The first-order valence-corrected chi connectivity index (χ1v) is 11.6. The van der Waals surface area contributed by atoms with Gasteiger partial charge >= 0.3 is 0 Å². The zero-order valence-electron chi connectivity index (χ0n) is 13.0. The van der Waals surface area contributed by atoms with Crippen molar-refractivity contribution < 1.29 is 0 Å². The molecule has 0 heterocycles. The molecular weight excluding hydrogens is 242 g/mol. The van der Waals surface area contributed by atoms with Crippen LogP contribution in [-0.2, 0) is 0 Å². The van der Waals surface area contributed by atoms with Crippen LogP contribution in [0.25, 0.3) is 0 Å². The molecule has 0 aromatic carbocycles. The lowest BCUT2D eigenvalue weighted by atomic mass is 10.1. The normalized spacial score (nSPS) is 15.5. The molecule has 2 unspecified atom stereocenters. The van der Waals surface area contributed by atoms with E-state index in [4.69, 9.17) is 0 Å². The second-order valence-electron chi connectivity index (χ2n) is 6.37. The fraction of sp³-hybridized carbons (Fsp3) is 1.00. The third kappa shape index (κ3) is 13.1. The smallest absolute Gasteiger partial charge is 0.0125 e. The van der Waals surface area contributed by atoms with Crippen molar-refractivity contribution in [2.24, 2.45) is 11.8 Å². The van der Waals surface area contributed by atoms with Crippen molar-refractivity contribution in [2.45, 2.75) is 53.4 Å². The van der Waals surface area contributed by atoms with Gasteiger partial charge in [0.1, 0.15) is 0 Å². The molecule has 2 atom stereocenters. The Hall–Kier alpha value is 0.860. The summed E-state index contributed by atoms with van der Waals surface area (Å²) in [7, 11) is 0.693. The highest BCUT2D eigenvalue weighted by Gasteiger charge is 2.08. The van der Waals surface area contributed by atoms with Crippen molar-refractivity contribution in [3.8, 4) is 0 Å². The molecule has 0 radical (unpaired) electrons. The van der Waals surface area contributed by atoms with Crippen LogP contribution in [0.4, 0.5) is 0 Å². The second-order valence-corrected chi connectivity index (χ2v) is 11.8. The summed E-state index contributed by atoms with van der Waals surface area (Å²) in [4.78, 5) is 0. The molecule has 0 aromatic heterocycles. The molecule has 17 heavy (non-hydrogen) atoms. The average Bonchev–Trinajstić information content (AvgIpc) is 2.15. The van der Waals surface area contributed by atoms with E-state index >= 15 is 0 Å². The molecule has 0 N–H and O–H groups in total. The van der Waals surface area contributed by atoms with Crippen molar-refractivity contribution in [2.75, 3.05) is 31.6 Å². The molecule has 0 aromatic rings. The lowest BCUT2D eigenvalue weighted by Gasteiger charge is -2.19. The largest absolute Gasteiger partial charge is 0.106 e. The lowest BCUT2D eigenvalue weighted by molar-refractivity contribution is 0.578. The molecular formula is C15H34P2. The lowest BCUT2D eigenvalue weighted by Crippen LogP contribution is -1.95. The first kappa shape index (κ1) is 17.9. The van der Waals surface area contributed by atoms with Crippen molar-refractivity contribution in [3.63, 3.8) is 0 Å². The maximum absolute atomic E-state index is 2.52. The fourth-order valence-electron chi connectivity index (χ4n) is 2.09. The average molecular weight is 276 g/mol. The molecule has 0 rings (SSSR count). The van der Waals surface area contributed by atoms with E-state index in [0.717, 1.165) is 11.8 Å². The van der Waals surface area contributed by atoms with Gasteiger partial charge < -0.3 is 0 Å². The summed E-state index contributed by atoms with van der Waals surface area (Å²) < 4.78 is 0. The van der Waals surface area contributed by atoms with Gasteiger partial charge in [-0.2, -0.15) is 0 Å². The molecule has 0 aliphatic carbocycles. The van der Waals surface area contributed by atoms with E-state index in [1.807, 2.05) is 0 Å².